The number of allylic oxidation sites excluding steroid dienone is 6. The summed E-state index contributed by atoms with van der Waals surface area (Å²) in [6, 6.07) is 15.4. The second kappa shape index (κ2) is 6.83. The van der Waals surface area contributed by atoms with Gasteiger partial charge in [-0.15, -0.1) is 5.73 Å². The van der Waals surface area contributed by atoms with E-state index in [2.05, 4.69) is 87.2 Å². The van der Waals surface area contributed by atoms with Crippen LogP contribution in [0.1, 0.15) is 54.5 Å². The zero-order valence-corrected chi connectivity index (χ0v) is 15.8. The fraction of sp³-hybridized carbons (Fsp3) is 0.192. The minimum atomic E-state index is 1.01. The lowest BCUT2D eigenvalue weighted by atomic mass is 9.89. The highest BCUT2D eigenvalue weighted by Gasteiger charge is 2.30. The molecular formula is C26H24. The fourth-order valence-corrected chi connectivity index (χ4v) is 4.18. The van der Waals surface area contributed by atoms with Gasteiger partial charge in [-0.2, -0.15) is 0 Å². The summed E-state index contributed by atoms with van der Waals surface area (Å²) in [5, 5.41) is 0. The van der Waals surface area contributed by atoms with Crippen molar-refractivity contribution in [2.24, 2.45) is 0 Å². The Morgan fingerprint density at radius 1 is 1.04 bits per heavy atom. The van der Waals surface area contributed by atoms with Gasteiger partial charge in [0, 0.05) is 11.1 Å². The van der Waals surface area contributed by atoms with Gasteiger partial charge < -0.3 is 0 Å². The topological polar surface area (TPSA) is 0 Å². The van der Waals surface area contributed by atoms with Crippen molar-refractivity contribution in [3.63, 3.8) is 0 Å². The van der Waals surface area contributed by atoms with Crippen molar-refractivity contribution in [3.8, 4) is 0 Å². The molecule has 128 valence electrons. The molecule has 0 fully saturated rings. The molecule has 2 aliphatic carbocycles. The van der Waals surface area contributed by atoms with Crippen molar-refractivity contribution in [1.29, 1.82) is 0 Å². The van der Waals surface area contributed by atoms with E-state index < -0.39 is 0 Å². The SMILES string of the molecule is CC/C=C1/C2=C=CC=Cc3cccc(c32)/C1=C(/CC)c1ccccc1C. The van der Waals surface area contributed by atoms with Gasteiger partial charge in [-0.25, -0.2) is 0 Å². The first-order valence-electron chi connectivity index (χ1n) is 9.53. The molecule has 0 saturated carbocycles. The Morgan fingerprint density at radius 3 is 2.65 bits per heavy atom. The van der Waals surface area contributed by atoms with Crippen molar-refractivity contribution in [2.45, 2.75) is 33.6 Å². The number of benzene rings is 2. The van der Waals surface area contributed by atoms with Gasteiger partial charge in [0.2, 0.25) is 0 Å². The monoisotopic (exact) mass is 336 g/mol. The lowest BCUT2D eigenvalue weighted by molar-refractivity contribution is 1.21. The molecular weight excluding hydrogens is 312 g/mol. The van der Waals surface area contributed by atoms with E-state index in [0.29, 0.717) is 0 Å². The maximum Gasteiger partial charge on any atom is 0.0324 e. The highest BCUT2D eigenvalue weighted by Crippen LogP contribution is 2.50. The normalized spacial score (nSPS) is 18.0. The highest BCUT2D eigenvalue weighted by molar-refractivity contribution is 6.16. The maximum atomic E-state index is 3.55. The summed E-state index contributed by atoms with van der Waals surface area (Å²) in [6.45, 7) is 6.70. The Balaban J connectivity index is 2.12. The molecule has 2 aliphatic rings. The van der Waals surface area contributed by atoms with Crippen LogP contribution in [0.2, 0.25) is 0 Å². The summed E-state index contributed by atoms with van der Waals surface area (Å²) in [7, 11) is 0. The van der Waals surface area contributed by atoms with Gasteiger partial charge >= 0.3 is 0 Å². The molecule has 0 amide bonds. The standard InChI is InChI=1S/C26H24/c1-4-11-22-23-16-9-7-13-19-14-10-17-24(25(19)23)26(22)20(5-2)21-15-8-6-12-18(21)3/h6-15,17H,4-5H2,1-3H3/b22-11-,26-20-. The Morgan fingerprint density at radius 2 is 1.88 bits per heavy atom. The molecule has 0 spiro atoms. The first kappa shape index (κ1) is 16.6. The molecule has 0 atom stereocenters. The molecule has 0 unspecified atom stereocenters. The van der Waals surface area contributed by atoms with Gasteiger partial charge in [0.15, 0.2) is 0 Å². The van der Waals surface area contributed by atoms with Gasteiger partial charge in [-0.3, -0.25) is 0 Å². The third kappa shape index (κ3) is 2.55. The van der Waals surface area contributed by atoms with E-state index in [-0.39, 0.29) is 0 Å². The maximum absolute atomic E-state index is 3.55. The predicted octanol–water partition coefficient (Wildman–Crippen LogP) is 7.23. The molecule has 0 radical (unpaired) electrons. The van der Waals surface area contributed by atoms with E-state index in [0.717, 1.165) is 12.8 Å². The van der Waals surface area contributed by atoms with Crippen LogP contribution in [0.5, 0.6) is 0 Å². The Bertz CT molecular complexity index is 1030. The summed E-state index contributed by atoms with van der Waals surface area (Å²) in [5.41, 5.74) is 15.6. The zero-order valence-electron chi connectivity index (χ0n) is 15.8. The number of aryl methyl sites for hydroxylation is 1. The van der Waals surface area contributed by atoms with Crippen molar-refractivity contribution >= 4 is 22.8 Å². The van der Waals surface area contributed by atoms with Gasteiger partial charge in [-0.05, 0) is 64.8 Å². The smallest absolute Gasteiger partial charge is 0.0324 e. The molecule has 0 heterocycles. The second-order valence-electron chi connectivity index (χ2n) is 6.86. The minimum Gasteiger partial charge on any atom is -0.112 e. The van der Waals surface area contributed by atoms with Crippen LogP contribution in [0.3, 0.4) is 0 Å². The molecule has 0 bridgehead atoms. The third-order valence-corrected chi connectivity index (χ3v) is 5.29. The average Bonchev–Trinajstić information content (AvgIpc) is 2.81. The van der Waals surface area contributed by atoms with Crippen molar-refractivity contribution < 1.29 is 0 Å². The lowest BCUT2D eigenvalue weighted by Gasteiger charge is -2.15. The number of hydrogen-bond acceptors (Lipinski definition) is 0. The molecule has 26 heavy (non-hydrogen) atoms. The van der Waals surface area contributed by atoms with Crippen LogP contribution in [0.15, 0.2) is 72.0 Å². The average molecular weight is 336 g/mol. The molecule has 0 N–H and O–H groups in total. The van der Waals surface area contributed by atoms with E-state index in [4.69, 9.17) is 0 Å². The first-order valence-corrected chi connectivity index (χ1v) is 9.53. The van der Waals surface area contributed by atoms with Gasteiger partial charge in [0.1, 0.15) is 0 Å². The molecule has 0 nitrogen and oxygen atoms in total. The molecule has 0 heteroatoms. The highest BCUT2D eigenvalue weighted by atomic mass is 14.3. The van der Waals surface area contributed by atoms with Crippen LogP contribution in [-0.4, -0.2) is 0 Å². The Kier molecular flexibility index (Phi) is 4.37. The third-order valence-electron chi connectivity index (χ3n) is 5.29. The summed E-state index contributed by atoms with van der Waals surface area (Å²) in [4.78, 5) is 0. The van der Waals surface area contributed by atoms with Crippen LogP contribution in [0.4, 0.5) is 0 Å². The van der Waals surface area contributed by atoms with E-state index >= 15 is 0 Å². The van der Waals surface area contributed by atoms with E-state index in [1.54, 1.807) is 0 Å². The molecule has 4 rings (SSSR count). The Labute approximate surface area is 156 Å². The van der Waals surface area contributed by atoms with Gasteiger partial charge in [-0.1, -0.05) is 74.5 Å². The van der Waals surface area contributed by atoms with Crippen molar-refractivity contribution in [2.75, 3.05) is 0 Å². The van der Waals surface area contributed by atoms with E-state index in [1.165, 1.54) is 50.1 Å². The van der Waals surface area contributed by atoms with Crippen LogP contribution >= 0.6 is 0 Å². The quantitative estimate of drug-likeness (QED) is 0.519. The van der Waals surface area contributed by atoms with Gasteiger partial charge in [0.05, 0.1) is 0 Å². The Hall–Kier alpha value is -2.82. The summed E-state index contributed by atoms with van der Waals surface area (Å²) >= 11 is 0. The molecule has 0 aromatic heterocycles. The van der Waals surface area contributed by atoms with Crippen molar-refractivity contribution in [1.82, 2.24) is 0 Å². The van der Waals surface area contributed by atoms with Crippen LogP contribution < -0.4 is 0 Å². The first-order chi connectivity index (χ1) is 12.8. The van der Waals surface area contributed by atoms with Crippen LogP contribution in [-0.2, 0) is 0 Å². The summed E-state index contributed by atoms with van der Waals surface area (Å²) in [6.07, 6.45) is 10.7. The fourth-order valence-electron chi connectivity index (χ4n) is 4.18. The van der Waals surface area contributed by atoms with E-state index in [9.17, 15) is 0 Å². The molecule has 0 aliphatic heterocycles. The molecule has 2 aromatic carbocycles. The predicted molar refractivity (Wildman–Crippen MR) is 114 cm³/mol. The lowest BCUT2D eigenvalue weighted by Crippen LogP contribution is -1.94. The second-order valence-corrected chi connectivity index (χ2v) is 6.86. The summed E-state index contributed by atoms with van der Waals surface area (Å²) in [5.74, 6) is 0. The summed E-state index contributed by atoms with van der Waals surface area (Å²) < 4.78 is 0. The van der Waals surface area contributed by atoms with Crippen LogP contribution in [0, 0.1) is 6.92 Å². The zero-order chi connectivity index (χ0) is 18.1. The van der Waals surface area contributed by atoms with Crippen molar-refractivity contribution in [3.05, 3.63) is 99.8 Å². The van der Waals surface area contributed by atoms with Crippen LogP contribution in [0.25, 0.3) is 22.8 Å². The molecule has 0 saturated heterocycles. The van der Waals surface area contributed by atoms with E-state index in [1.807, 2.05) is 6.08 Å². The molecule has 2 aromatic rings. The number of rotatable bonds is 3. The van der Waals surface area contributed by atoms with Gasteiger partial charge in [0.25, 0.3) is 0 Å². The minimum absolute atomic E-state index is 1.01. The number of hydrogen-bond donors (Lipinski definition) is 0. The largest absolute Gasteiger partial charge is 0.112 e.